The molecular weight excluding hydrogens is 380 g/mol. The monoisotopic (exact) mass is 394 g/mol. The highest BCUT2D eigenvalue weighted by Crippen LogP contribution is 2.34. The van der Waals surface area contributed by atoms with Crippen LogP contribution in [0.2, 0.25) is 0 Å². The molecular formula is C16H15BrN2O3S. The molecule has 0 saturated carbocycles. The second-order valence-electron chi connectivity index (χ2n) is 5.23. The van der Waals surface area contributed by atoms with E-state index in [2.05, 4.69) is 20.9 Å². The van der Waals surface area contributed by atoms with Gasteiger partial charge < -0.3 is 9.64 Å². The number of ether oxygens (including phenoxy) is 1. The van der Waals surface area contributed by atoms with Gasteiger partial charge in [0.2, 0.25) is 0 Å². The van der Waals surface area contributed by atoms with Crippen LogP contribution in [0.15, 0.2) is 40.4 Å². The Morgan fingerprint density at radius 3 is 3.04 bits per heavy atom. The number of hydrogen-bond donors (Lipinski definition) is 0. The Hall–Kier alpha value is -1.73. The zero-order chi connectivity index (χ0) is 16.2. The third-order valence-electron chi connectivity index (χ3n) is 3.71. The van der Waals surface area contributed by atoms with Crippen molar-refractivity contribution in [1.29, 1.82) is 0 Å². The molecule has 120 valence electrons. The van der Waals surface area contributed by atoms with Crippen LogP contribution >= 0.6 is 27.3 Å². The van der Waals surface area contributed by atoms with Crippen molar-refractivity contribution in [3.8, 4) is 0 Å². The molecule has 1 atom stereocenters. The summed E-state index contributed by atoms with van der Waals surface area (Å²) in [4.78, 5) is 31.3. The summed E-state index contributed by atoms with van der Waals surface area (Å²) in [6.07, 6.45) is 4.92. The van der Waals surface area contributed by atoms with E-state index < -0.39 is 5.97 Å². The third kappa shape index (κ3) is 3.79. The Balaban J connectivity index is 1.60. The Morgan fingerprint density at radius 2 is 2.30 bits per heavy atom. The van der Waals surface area contributed by atoms with Crippen LogP contribution in [0.4, 0.5) is 0 Å². The number of hydrogen-bond acceptors (Lipinski definition) is 5. The lowest BCUT2D eigenvalue weighted by Crippen LogP contribution is -2.34. The number of carbonyl (C=O) groups is 2. The molecule has 0 radical (unpaired) electrons. The minimum atomic E-state index is -0.543. The second-order valence-corrected chi connectivity index (χ2v) is 7.12. The Morgan fingerprint density at radius 1 is 1.43 bits per heavy atom. The van der Waals surface area contributed by atoms with Crippen LogP contribution in [0, 0.1) is 0 Å². The second kappa shape index (κ2) is 7.23. The van der Waals surface area contributed by atoms with E-state index >= 15 is 0 Å². The summed E-state index contributed by atoms with van der Waals surface area (Å²) in [5.74, 6) is -0.698. The highest BCUT2D eigenvalue weighted by Gasteiger charge is 2.31. The van der Waals surface area contributed by atoms with Crippen molar-refractivity contribution in [2.24, 2.45) is 0 Å². The molecule has 23 heavy (non-hydrogen) atoms. The number of amides is 1. The average Bonchev–Trinajstić information content (AvgIpc) is 3.22. The number of esters is 1. The first-order valence-corrected chi connectivity index (χ1v) is 8.93. The number of likely N-dealkylation sites (tertiary alicyclic amines) is 1. The lowest BCUT2D eigenvalue weighted by atomic mass is 10.2. The molecule has 0 aromatic carbocycles. The van der Waals surface area contributed by atoms with Gasteiger partial charge in [0, 0.05) is 28.3 Å². The van der Waals surface area contributed by atoms with Gasteiger partial charge in [0.15, 0.2) is 6.61 Å². The summed E-state index contributed by atoms with van der Waals surface area (Å²) in [6, 6.07) is 5.75. The molecule has 2 aromatic heterocycles. The van der Waals surface area contributed by atoms with Crippen LogP contribution in [-0.2, 0) is 9.53 Å². The summed E-state index contributed by atoms with van der Waals surface area (Å²) >= 11 is 4.90. The molecule has 0 bridgehead atoms. The van der Waals surface area contributed by atoms with Gasteiger partial charge in [0.1, 0.15) is 0 Å². The van der Waals surface area contributed by atoms with Crippen molar-refractivity contribution in [3.63, 3.8) is 0 Å². The molecule has 3 heterocycles. The fourth-order valence-electron chi connectivity index (χ4n) is 2.66. The van der Waals surface area contributed by atoms with Crippen LogP contribution in [0.1, 0.15) is 34.1 Å². The van der Waals surface area contributed by atoms with Crippen LogP contribution in [-0.4, -0.2) is 34.9 Å². The zero-order valence-electron chi connectivity index (χ0n) is 12.3. The topological polar surface area (TPSA) is 59.5 Å². The predicted octanol–water partition coefficient (Wildman–Crippen LogP) is 3.43. The summed E-state index contributed by atoms with van der Waals surface area (Å²) in [7, 11) is 0. The average molecular weight is 395 g/mol. The highest BCUT2D eigenvalue weighted by atomic mass is 79.9. The number of thiophene rings is 1. The Labute approximate surface area is 146 Å². The van der Waals surface area contributed by atoms with Gasteiger partial charge >= 0.3 is 5.97 Å². The summed E-state index contributed by atoms with van der Waals surface area (Å²) < 4.78 is 5.83. The van der Waals surface area contributed by atoms with Crippen molar-refractivity contribution in [2.75, 3.05) is 13.2 Å². The van der Waals surface area contributed by atoms with Gasteiger partial charge in [-0.2, -0.15) is 0 Å². The molecule has 0 aliphatic carbocycles. The SMILES string of the molecule is O=C(OCC(=O)N1CCC[C@H]1c1cccs1)c1cncc(Br)c1. The van der Waals surface area contributed by atoms with E-state index in [-0.39, 0.29) is 18.6 Å². The van der Waals surface area contributed by atoms with Gasteiger partial charge in [-0.25, -0.2) is 4.79 Å². The number of halogens is 1. The van der Waals surface area contributed by atoms with E-state index in [9.17, 15) is 9.59 Å². The van der Waals surface area contributed by atoms with Crippen molar-refractivity contribution >= 4 is 39.1 Å². The molecule has 7 heteroatoms. The molecule has 1 aliphatic heterocycles. The van der Waals surface area contributed by atoms with E-state index in [1.54, 1.807) is 28.5 Å². The number of pyridine rings is 1. The van der Waals surface area contributed by atoms with Crippen LogP contribution in [0.5, 0.6) is 0 Å². The van der Waals surface area contributed by atoms with Gasteiger partial charge in [-0.1, -0.05) is 6.07 Å². The van der Waals surface area contributed by atoms with E-state index in [0.717, 1.165) is 12.8 Å². The molecule has 0 spiro atoms. The number of carbonyl (C=O) groups excluding carboxylic acids is 2. The Bertz CT molecular complexity index is 705. The van der Waals surface area contributed by atoms with Gasteiger partial charge in [0.05, 0.1) is 11.6 Å². The van der Waals surface area contributed by atoms with Gasteiger partial charge in [0.25, 0.3) is 5.91 Å². The highest BCUT2D eigenvalue weighted by molar-refractivity contribution is 9.10. The molecule has 1 amide bonds. The lowest BCUT2D eigenvalue weighted by Gasteiger charge is -2.23. The van der Waals surface area contributed by atoms with E-state index in [1.165, 1.54) is 11.1 Å². The molecule has 1 fully saturated rings. The first-order chi connectivity index (χ1) is 11.1. The first kappa shape index (κ1) is 16.1. The summed E-state index contributed by atoms with van der Waals surface area (Å²) in [5, 5.41) is 2.01. The first-order valence-electron chi connectivity index (χ1n) is 7.25. The minimum absolute atomic E-state index is 0.105. The predicted molar refractivity (Wildman–Crippen MR) is 90.2 cm³/mol. The maximum atomic E-state index is 12.4. The van der Waals surface area contributed by atoms with E-state index in [1.807, 2.05) is 17.5 Å². The Kier molecular flexibility index (Phi) is 5.07. The van der Waals surface area contributed by atoms with Crippen LogP contribution in [0.25, 0.3) is 0 Å². The van der Waals surface area contributed by atoms with Crippen molar-refractivity contribution < 1.29 is 14.3 Å². The molecule has 1 saturated heterocycles. The number of nitrogens with zero attached hydrogens (tertiary/aromatic N) is 2. The van der Waals surface area contributed by atoms with Crippen LogP contribution < -0.4 is 0 Å². The molecule has 5 nitrogen and oxygen atoms in total. The lowest BCUT2D eigenvalue weighted by molar-refractivity contribution is -0.135. The fraction of sp³-hybridized carbons (Fsp3) is 0.312. The van der Waals surface area contributed by atoms with Crippen molar-refractivity contribution in [3.05, 3.63) is 50.9 Å². The molecule has 2 aromatic rings. The van der Waals surface area contributed by atoms with Gasteiger partial charge in [-0.15, -0.1) is 11.3 Å². The van der Waals surface area contributed by atoms with E-state index in [4.69, 9.17) is 4.74 Å². The molecule has 3 rings (SSSR count). The maximum Gasteiger partial charge on any atom is 0.340 e. The molecule has 0 unspecified atom stereocenters. The smallest absolute Gasteiger partial charge is 0.340 e. The quantitative estimate of drug-likeness (QED) is 0.745. The third-order valence-corrected chi connectivity index (χ3v) is 5.12. The standard InChI is InChI=1S/C16H15BrN2O3S/c17-12-7-11(8-18-9-12)16(21)22-10-15(20)19-5-1-3-13(19)14-4-2-6-23-14/h2,4,6-9,13H,1,3,5,10H2/t13-/m0/s1. The summed E-state index contributed by atoms with van der Waals surface area (Å²) in [6.45, 7) is 0.463. The van der Waals surface area contributed by atoms with Crippen molar-refractivity contribution in [2.45, 2.75) is 18.9 Å². The van der Waals surface area contributed by atoms with Crippen molar-refractivity contribution in [1.82, 2.24) is 9.88 Å². The minimum Gasteiger partial charge on any atom is -0.452 e. The number of aromatic nitrogens is 1. The largest absolute Gasteiger partial charge is 0.452 e. The van der Waals surface area contributed by atoms with E-state index in [0.29, 0.717) is 16.6 Å². The van der Waals surface area contributed by atoms with Gasteiger partial charge in [-0.05, 0) is 46.3 Å². The zero-order valence-corrected chi connectivity index (χ0v) is 14.7. The maximum absolute atomic E-state index is 12.4. The van der Waals surface area contributed by atoms with Crippen LogP contribution in [0.3, 0.4) is 0 Å². The number of rotatable bonds is 4. The normalized spacial score (nSPS) is 17.3. The van der Waals surface area contributed by atoms with Gasteiger partial charge in [-0.3, -0.25) is 9.78 Å². The fourth-order valence-corrected chi connectivity index (χ4v) is 3.90. The summed E-state index contributed by atoms with van der Waals surface area (Å²) in [5.41, 5.74) is 0.323. The molecule has 0 N–H and O–H groups in total. The molecule has 1 aliphatic rings.